The SMILES string of the molecule is O=c1cc(-c2ccc(Cl)c3ccccc23)oc2ccccc12. The first-order chi connectivity index (χ1) is 10.7. The molecule has 1 heterocycles. The molecule has 0 unspecified atom stereocenters. The van der Waals surface area contributed by atoms with E-state index in [2.05, 4.69) is 0 Å². The van der Waals surface area contributed by atoms with Gasteiger partial charge in [0, 0.05) is 22.0 Å². The fraction of sp³-hybridized carbons (Fsp3) is 0. The topological polar surface area (TPSA) is 30.2 Å². The molecule has 0 bridgehead atoms. The fourth-order valence-electron chi connectivity index (χ4n) is 2.71. The second-order valence-electron chi connectivity index (χ2n) is 5.11. The summed E-state index contributed by atoms with van der Waals surface area (Å²) in [5, 5.41) is 3.18. The molecule has 4 aromatic rings. The van der Waals surface area contributed by atoms with E-state index in [1.807, 2.05) is 48.5 Å². The van der Waals surface area contributed by atoms with Gasteiger partial charge in [-0.05, 0) is 29.7 Å². The lowest BCUT2D eigenvalue weighted by Gasteiger charge is -2.08. The quantitative estimate of drug-likeness (QED) is 0.480. The van der Waals surface area contributed by atoms with Gasteiger partial charge < -0.3 is 4.42 Å². The average molecular weight is 307 g/mol. The molecule has 3 aromatic carbocycles. The van der Waals surface area contributed by atoms with Gasteiger partial charge in [-0.2, -0.15) is 0 Å². The van der Waals surface area contributed by atoms with Gasteiger partial charge in [-0.15, -0.1) is 0 Å². The number of rotatable bonds is 1. The molecule has 0 radical (unpaired) electrons. The summed E-state index contributed by atoms with van der Waals surface area (Å²) in [6.07, 6.45) is 0. The molecule has 3 heteroatoms. The molecule has 0 saturated heterocycles. The number of hydrogen-bond acceptors (Lipinski definition) is 2. The fourth-order valence-corrected chi connectivity index (χ4v) is 2.94. The van der Waals surface area contributed by atoms with Crippen LogP contribution in [-0.2, 0) is 0 Å². The Hall–Kier alpha value is -2.58. The van der Waals surface area contributed by atoms with E-state index in [1.54, 1.807) is 12.1 Å². The third-order valence-corrected chi connectivity index (χ3v) is 4.10. The summed E-state index contributed by atoms with van der Waals surface area (Å²) in [4.78, 5) is 12.3. The third kappa shape index (κ3) is 2.00. The highest BCUT2D eigenvalue weighted by atomic mass is 35.5. The van der Waals surface area contributed by atoms with E-state index in [9.17, 15) is 4.79 Å². The van der Waals surface area contributed by atoms with E-state index in [1.165, 1.54) is 6.07 Å². The molecule has 4 rings (SSSR count). The summed E-state index contributed by atoms with van der Waals surface area (Å²) in [7, 11) is 0. The van der Waals surface area contributed by atoms with Gasteiger partial charge in [0.05, 0.1) is 5.39 Å². The predicted molar refractivity (Wildman–Crippen MR) is 90.4 cm³/mol. The zero-order valence-corrected chi connectivity index (χ0v) is 12.3. The van der Waals surface area contributed by atoms with Crippen LogP contribution in [0.25, 0.3) is 33.1 Å². The number of para-hydroxylation sites is 1. The van der Waals surface area contributed by atoms with Crippen LogP contribution >= 0.6 is 11.6 Å². The van der Waals surface area contributed by atoms with Crippen LogP contribution in [0.1, 0.15) is 0 Å². The van der Waals surface area contributed by atoms with E-state index in [4.69, 9.17) is 16.0 Å². The highest BCUT2D eigenvalue weighted by molar-refractivity contribution is 6.36. The van der Waals surface area contributed by atoms with Gasteiger partial charge >= 0.3 is 0 Å². The Morgan fingerprint density at radius 3 is 2.27 bits per heavy atom. The molecule has 0 fully saturated rings. The minimum atomic E-state index is -0.0455. The van der Waals surface area contributed by atoms with Crippen molar-refractivity contribution in [3.05, 3.63) is 82.0 Å². The first kappa shape index (κ1) is 13.1. The molecule has 22 heavy (non-hydrogen) atoms. The van der Waals surface area contributed by atoms with Crippen molar-refractivity contribution in [3.63, 3.8) is 0 Å². The van der Waals surface area contributed by atoms with Crippen molar-refractivity contribution in [2.24, 2.45) is 0 Å². The first-order valence-corrected chi connectivity index (χ1v) is 7.32. The molecule has 0 spiro atoms. The molecule has 0 aliphatic heterocycles. The number of fused-ring (bicyclic) bond motifs is 2. The van der Waals surface area contributed by atoms with Crippen molar-refractivity contribution < 1.29 is 4.42 Å². The van der Waals surface area contributed by atoms with E-state index < -0.39 is 0 Å². The second-order valence-corrected chi connectivity index (χ2v) is 5.52. The van der Waals surface area contributed by atoms with Crippen LogP contribution in [0.15, 0.2) is 75.9 Å². The minimum absolute atomic E-state index is 0.0455. The van der Waals surface area contributed by atoms with Crippen LogP contribution in [0.4, 0.5) is 0 Å². The van der Waals surface area contributed by atoms with Crippen molar-refractivity contribution in [1.82, 2.24) is 0 Å². The molecular weight excluding hydrogens is 296 g/mol. The van der Waals surface area contributed by atoms with Crippen LogP contribution in [0, 0.1) is 0 Å². The molecule has 0 saturated carbocycles. The van der Waals surface area contributed by atoms with Gasteiger partial charge in [-0.3, -0.25) is 4.79 Å². The lowest BCUT2D eigenvalue weighted by atomic mass is 10.0. The van der Waals surface area contributed by atoms with E-state index in [0.29, 0.717) is 21.8 Å². The van der Waals surface area contributed by atoms with Crippen LogP contribution in [0.3, 0.4) is 0 Å². The summed E-state index contributed by atoms with van der Waals surface area (Å²) < 4.78 is 5.93. The summed E-state index contributed by atoms with van der Waals surface area (Å²) in [6, 6.07) is 20.3. The Morgan fingerprint density at radius 2 is 1.45 bits per heavy atom. The van der Waals surface area contributed by atoms with E-state index >= 15 is 0 Å². The largest absolute Gasteiger partial charge is 0.456 e. The monoisotopic (exact) mass is 306 g/mol. The molecule has 0 aliphatic rings. The third-order valence-electron chi connectivity index (χ3n) is 3.77. The standard InChI is InChI=1S/C19H11ClO2/c20-16-10-9-14(12-5-1-2-6-13(12)16)19-11-17(21)15-7-3-4-8-18(15)22-19/h1-11H. The van der Waals surface area contributed by atoms with Gasteiger partial charge in [0.25, 0.3) is 0 Å². The molecule has 1 aromatic heterocycles. The maximum absolute atomic E-state index is 12.3. The number of halogens is 1. The maximum atomic E-state index is 12.3. The minimum Gasteiger partial charge on any atom is -0.456 e. The van der Waals surface area contributed by atoms with Gasteiger partial charge in [-0.1, -0.05) is 48.0 Å². The van der Waals surface area contributed by atoms with Crippen LogP contribution in [0.5, 0.6) is 0 Å². The van der Waals surface area contributed by atoms with Gasteiger partial charge in [0.1, 0.15) is 11.3 Å². The number of benzene rings is 3. The first-order valence-electron chi connectivity index (χ1n) is 6.94. The van der Waals surface area contributed by atoms with Crippen LogP contribution < -0.4 is 5.43 Å². The zero-order valence-electron chi connectivity index (χ0n) is 11.5. The molecular formula is C19H11ClO2. The van der Waals surface area contributed by atoms with Gasteiger partial charge in [0.2, 0.25) is 0 Å². The van der Waals surface area contributed by atoms with Crippen molar-refractivity contribution in [2.75, 3.05) is 0 Å². The summed E-state index contributed by atoms with van der Waals surface area (Å²) in [5.74, 6) is 0.552. The van der Waals surface area contributed by atoms with Crippen LogP contribution in [-0.4, -0.2) is 0 Å². The summed E-state index contributed by atoms with van der Waals surface area (Å²) in [5.41, 5.74) is 1.41. The molecule has 0 N–H and O–H groups in total. The Bertz CT molecular complexity index is 1060. The molecule has 0 atom stereocenters. The molecule has 0 aliphatic carbocycles. The Kier molecular flexibility index (Phi) is 2.98. The zero-order chi connectivity index (χ0) is 15.1. The van der Waals surface area contributed by atoms with Crippen molar-refractivity contribution in [2.45, 2.75) is 0 Å². The highest BCUT2D eigenvalue weighted by Gasteiger charge is 2.11. The second kappa shape index (κ2) is 5.00. The lowest BCUT2D eigenvalue weighted by Crippen LogP contribution is -2.00. The average Bonchev–Trinajstić information content (AvgIpc) is 2.55. The maximum Gasteiger partial charge on any atom is 0.193 e. The highest BCUT2D eigenvalue weighted by Crippen LogP contribution is 2.33. The lowest BCUT2D eigenvalue weighted by molar-refractivity contribution is 0.619. The van der Waals surface area contributed by atoms with Crippen molar-refractivity contribution in [3.8, 4) is 11.3 Å². The van der Waals surface area contributed by atoms with E-state index in [-0.39, 0.29) is 5.43 Å². The Morgan fingerprint density at radius 1 is 0.773 bits per heavy atom. The van der Waals surface area contributed by atoms with E-state index in [0.717, 1.165) is 16.3 Å². The normalized spacial score (nSPS) is 11.1. The van der Waals surface area contributed by atoms with Gasteiger partial charge in [0.15, 0.2) is 5.43 Å². The smallest absolute Gasteiger partial charge is 0.193 e. The molecule has 2 nitrogen and oxygen atoms in total. The Labute approximate surface area is 131 Å². The Balaban J connectivity index is 2.08. The molecule has 106 valence electrons. The van der Waals surface area contributed by atoms with Gasteiger partial charge in [-0.25, -0.2) is 0 Å². The summed E-state index contributed by atoms with van der Waals surface area (Å²) >= 11 is 6.25. The predicted octanol–water partition coefficient (Wildman–Crippen LogP) is 5.27. The molecule has 0 amide bonds. The summed E-state index contributed by atoms with van der Waals surface area (Å²) in [6.45, 7) is 0. The van der Waals surface area contributed by atoms with Crippen LogP contribution in [0.2, 0.25) is 5.02 Å². The van der Waals surface area contributed by atoms with Crippen molar-refractivity contribution in [1.29, 1.82) is 0 Å². The number of hydrogen-bond donors (Lipinski definition) is 0. The van der Waals surface area contributed by atoms with Crippen molar-refractivity contribution >= 4 is 33.3 Å².